The second-order valence-electron chi connectivity index (χ2n) is 6.53. The van der Waals surface area contributed by atoms with Crippen LogP contribution in [-0.2, 0) is 11.2 Å². The van der Waals surface area contributed by atoms with Gasteiger partial charge in [0, 0.05) is 54.5 Å². The molecule has 0 bridgehead atoms. The molecule has 1 aromatic carbocycles. The number of nitrogens with one attached hydrogen (secondary N) is 1. The molecule has 0 unspecified atom stereocenters. The van der Waals surface area contributed by atoms with E-state index in [-0.39, 0.29) is 11.8 Å². The molecule has 0 radical (unpaired) electrons. The van der Waals surface area contributed by atoms with E-state index in [1.165, 1.54) is 0 Å². The largest absolute Gasteiger partial charge is 0.353 e. The fourth-order valence-corrected chi connectivity index (χ4v) is 3.63. The van der Waals surface area contributed by atoms with Crippen molar-refractivity contribution in [2.24, 2.45) is 0 Å². The van der Waals surface area contributed by atoms with E-state index in [0.29, 0.717) is 31.5 Å². The molecule has 0 atom stereocenters. The number of halogens is 1. The predicted octanol–water partition coefficient (Wildman–Crippen LogP) is 2.69. The highest BCUT2D eigenvalue weighted by Crippen LogP contribution is 2.24. The number of amides is 2. The molecule has 6 nitrogen and oxygen atoms in total. The first-order chi connectivity index (χ1) is 12.6. The third kappa shape index (κ3) is 3.44. The number of piperazine rings is 1. The van der Waals surface area contributed by atoms with Gasteiger partial charge in [0.25, 0.3) is 5.91 Å². The van der Waals surface area contributed by atoms with Crippen LogP contribution in [0.25, 0.3) is 0 Å². The van der Waals surface area contributed by atoms with Crippen LogP contribution in [0.15, 0.2) is 41.0 Å². The van der Waals surface area contributed by atoms with Crippen LogP contribution in [0.2, 0.25) is 0 Å². The molecule has 0 spiro atoms. The van der Waals surface area contributed by atoms with Crippen LogP contribution in [0, 0.1) is 0 Å². The Morgan fingerprint density at radius 1 is 1.08 bits per heavy atom. The molecule has 2 aliphatic rings. The van der Waals surface area contributed by atoms with Crippen molar-refractivity contribution in [3.8, 4) is 0 Å². The number of pyridine rings is 1. The Morgan fingerprint density at radius 3 is 2.62 bits per heavy atom. The molecule has 4 rings (SSSR count). The number of aryl methyl sites for hydroxylation is 1. The summed E-state index contributed by atoms with van der Waals surface area (Å²) in [7, 11) is 0. The van der Waals surface area contributed by atoms with Gasteiger partial charge in [-0.1, -0.05) is 0 Å². The predicted molar refractivity (Wildman–Crippen MR) is 103 cm³/mol. The van der Waals surface area contributed by atoms with Gasteiger partial charge in [0.2, 0.25) is 5.91 Å². The first-order valence-electron chi connectivity index (χ1n) is 8.69. The minimum Gasteiger partial charge on any atom is -0.353 e. The maximum absolute atomic E-state index is 12.8. The number of hydrogen-bond acceptors (Lipinski definition) is 4. The summed E-state index contributed by atoms with van der Waals surface area (Å²) in [4.78, 5) is 32.8. The number of nitrogens with zero attached hydrogens (tertiary/aromatic N) is 3. The molecule has 0 saturated carbocycles. The second-order valence-corrected chi connectivity index (χ2v) is 7.45. The van der Waals surface area contributed by atoms with E-state index in [1.54, 1.807) is 12.3 Å². The lowest BCUT2D eigenvalue weighted by Gasteiger charge is -2.35. The highest BCUT2D eigenvalue weighted by atomic mass is 79.9. The Morgan fingerprint density at radius 2 is 1.88 bits per heavy atom. The van der Waals surface area contributed by atoms with Gasteiger partial charge in [0.05, 0.1) is 0 Å². The lowest BCUT2D eigenvalue weighted by atomic mass is 10.00. The quantitative estimate of drug-likeness (QED) is 0.820. The number of hydrogen-bond donors (Lipinski definition) is 1. The van der Waals surface area contributed by atoms with Gasteiger partial charge >= 0.3 is 0 Å². The summed E-state index contributed by atoms with van der Waals surface area (Å²) in [5.74, 6) is 1.02. The van der Waals surface area contributed by atoms with Gasteiger partial charge in [-0.15, -0.1) is 0 Å². The van der Waals surface area contributed by atoms with E-state index in [9.17, 15) is 9.59 Å². The van der Waals surface area contributed by atoms with Crippen LogP contribution in [0.3, 0.4) is 0 Å². The Kier molecular flexibility index (Phi) is 4.63. The standard InChI is InChI=1S/C19H19BrN4O2/c20-15-3-5-17(21-12-15)23-7-9-24(10-8-23)19(26)14-1-4-16-13(11-14)2-6-18(25)22-16/h1,3-5,11-12H,2,6-10H2,(H,22,25). The van der Waals surface area contributed by atoms with Gasteiger partial charge in [-0.3, -0.25) is 9.59 Å². The number of carbonyl (C=O) groups is 2. The SMILES string of the molecule is O=C1CCc2cc(C(=O)N3CCN(c4ccc(Br)cn4)CC3)ccc2N1. The van der Waals surface area contributed by atoms with Crippen molar-refractivity contribution in [1.82, 2.24) is 9.88 Å². The van der Waals surface area contributed by atoms with E-state index in [2.05, 4.69) is 31.1 Å². The molecule has 1 N–H and O–H groups in total. The van der Waals surface area contributed by atoms with Crippen molar-refractivity contribution in [2.75, 3.05) is 36.4 Å². The zero-order valence-corrected chi connectivity index (χ0v) is 15.8. The molecule has 2 aliphatic heterocycles. The van der Waals surface area contributed by atoms with Crippen molar-refractivity contribution in [3.05, 3.63) is 52.1 Å². The molecule has 1 fully saturated rings. The molecule has 26 heavy (non-hydrogen) atoms. The van der Waals surface area contributed by atoms with Crippen molar-refractivity contribution in [1.29, 1.82) is 0 Å². The summed E-state index contributed by atoms with van der Waals surface area (Å²) in [5, 5.41) is 2.85. The topological polar surface area (TPSA) is 65.5 Å². The van der Waals surface area contributed by atoms with Crippen LogP contribution in [0.1, 0.15) is 22.3 Å². The molecule has 1 aromatic heterocycles. The molecule has 2 aromatic rings. The molecule has 0 aliphatic carbocycles. The van der Waals surface area contributed by atoms with Gasteiger partial charge in [0.1, 0.15) is 5.82 Å². The van der Waals surface area contributed by atoms with Crippen molar-refractivity contribution in [2.45, 2.75) is 12.8 Å². The van der Waals surface area contributed by atoms with Crippen LogP contribution in [0.4, 0.5) is 11.5 Å². The molecule has 1 saturated heterocycles. The maximum atomic E-state index is 12.8. The minimum atomic E-state index is 0.0363. The number of anilines is 2. The van der Waals surface area contributed by atoms with Gasteiger partial charge in [0.15, 0.2) is 0 Å². The monoisotopic (exact) mass is 414 g/mol. The second kappa shape index (κ2) is 7.07. The van der Waals surface area contributed by atoms with E-state index < -0.39 is 0 Å². The van der Waals surface area contributed by atoms with Gasteiger partial charge in [-0.25, -0.2) is 4.98 Å². The van der Waals surface area contributed by atoms with E-state index in [0.717, 1.165) is 34.6 Å². The van der Waals surface area contributed by atoms with Crippen molar-refractivity contribution >= 4 is 39.2 Å². The molecular formula is C19H19BrN4O2. The van der Waals surface area contributed by atoms with Crippen LogP contribution >= 0.6 is 15.9 Å². The first-order valence-corrected chi connectivity index (χ1v) is 9.48. The zero-order chi connectivity index (χ0) is 18.1. The average molecular weight is 415 g/mol. The lowest BCUT2D eigenvalue weighted by Crippen LogP contribution is -2.49. The normalized spacial score (nSPS) is 16.9. The number of aromatic nitrogens is 1. The summed E-state index contributed by atoms with van der Waals surface area (Å²) >= 11 is 3.40. The van der Waals surface area contributed by atoms with Crippen LogP contribution in [-0.4, -0.2) is 47.9 Å². The Labute approximate surface area is 160 Å². The number of rotatable bonds is 2. The fourth-order valence-electron chi connectivity index (χ4n) is 3.39. The highest BCUT2D eigenvalue weighted by molar-refractivity contribution is 9.10. The first kappa shape index (κ1) is 17.0. The number of carbonyl (C=O) groups excluding carboxylic acids is 2. The summed E-state index contributed by atoms with van der Waals surface area (Å²) in [6.07, 6.45) is 2.95. The van der Waals surface area contributed by atoms with E-state index in [1.807, 2.05) is 29.2 Å². The van der Waals surface area contributed by atoms with Crippen LogP contribution in [0.5, 0.6) is 0 Å². The highest BCUT2D eigenvalue weighted by Gasteiger charge is 2.24. The molecular weight excluding hydrogens is 396 g/mol. The van der Waals surface area contributed by atoms with Gasteiger partial charge in [-0.05, 0) is 58.2 Å². The molecule has 134 valence electrons. The summed E-state index contributed by atoms with van der Waals surface area (Å²) in [5.41, 5.74) is 2.55. The Hall–Kier alpha value is -2.41. The number of benzene rings is 1. The third-order valence-electron chi connectivity index (χ3n) is 4.85. The van der Waals surface area contributed by atoms with Gasteiger partial charge < -0.3 is 15.1 Å². The van der Waals surface area contributed by atoms with Gasteiger partial charge in [-0.2, -0.15) is 0 Å². The molecule has 2 amide bonds. The lowest BCUT2D eigenvalue weighted by molar-refractivity contribution is -0.116. The van der Waals surface area contributed by atoms with E-state index in [4.69, 9.17) is 0 Å². The Bertz CT molecular complexity index is 845. The van der Waals surface area contributed by atoms with Crippen LogP contribution < -0.4 is 10.2 Å². The Balaban J connectivity index is 1.42. The average Bonchev–Trinajstić information content (AvgIpc) is 2.68. The van der Waals surface area contributed by atoms with E-state index >= 15 is 0 Å². The smallest absolute Gasteiger partial charge is 0.253 e. The van der Waals surface area contributed by atoms with Crippen molar-refractivity contribution in [3.63, 3.8) is 0 Å². The molecule has 3 heterocycles. The minimum absolute atomic E-state index is 0.0363. The zero-order valence-electron chi connectivity index (χ0n) is 14.2. The molecule has 7 heteroatoms. The fraction of sp³-hybridized carbons (Fsp3) is 0.316. The maximum Gasteiger partial charge on any atom is 0.253 e. The third-order valence-corrected chi connectivity index (χ3v) is 5.32. The number of fused-ring (bicyclic) bond motifs is 1. The summed E-state index contributed by atoms with van der Waals surface area (Å²) < 4.78 is 0.957. The summed E-state index contributed by atoms with van der Waals surface area (Å²) in [6.45, 7) is 2.87. The summed E-state index contributed by atoms with van der Waals surface area (Å²) in [6, 6.07) is 9.52. The van der Waals surface area contributed by atoms with Crippen molar-refractivity contribution < 1.29 is 9.59 Å².